The van der Waals surface area contributed by atoms with Gasteiger partial charge in [-0.1, -0.05) is 95.5 Å². The van der Waals surface area contributed by atoms with Crippen LogP contribution in [-0.4, -0.2) is 44.8 Å². The van der Waals surface area contributed by atoms with Crippen LogP contribution in [0.2, 0.25) is 10.0 Å². The lowest BCUT2D eigenvalue weighted by molar-refractivity contribution is -0.139. The number of anilines is 1. The Morgan fingerprint density at radius 2 is 1.51 bits per heavy atom. The van der Waals surface area contributed by atoms with E-state index in [1.807, 2.05) is 37.3 Å². The minimum absolute atomic E-state index is 0.0175. The molecule has 4 aromatic carbocycles. The quantitative estimate of drug-likeness (QED) is 0.212. The number of aryl methyl sites for hydroxylation is 2. The molecule has 7 nitrogen and oxygen atoms in total. The molecular weight excluding hydrogens is 605 g/mol. The van der Waals surface area contributed by atoms with Crippen LogP contribution in [0.25, 0.3) is 0 Å². The summed E-state index contributed by atoms with van der Waals surface area (Å²) in [4.78, 5) is 29.2. The Labute approximate surface area is 263 Å². The zero-order valence-electron chi connectivity index (χ0n) is 24.1. The van der Waals surface area contributed by atoms with Gasteiger partial charge in [0.15, 0.2) is 0 Å². The first kappa shape index (κ1) is 32.1. The molecule has 0 radical (unpaired) electrons. The number of amides is 2. The van der Waals surface area contributed by atoms with E-state index in [0.717, 1.165) is 15.4 Å². The van der Waals surface area contributed by atoms with Crippen molar-refractivity contribution in [2.75, 3.05) is 17.9 Å². The molecule has 0 aliphatic heterocycles. The maximum absolute atomic E-state index is 14.4. The van der Waals surface area contributed by atoms with Crippen molar-refractivity contribution in [1.82, 2.24) is 10.2 Å². The van der Waals surface area contributed by atoms with Crippen LogP contribution in [0.5, 0.6) is 0 Å². The van der Waals surface area contributed by atoms with Crippen molar-refractivity contribution in [2.24, 2.45) is 0 Å². The van der Waals surface area contributed by atoms with Crippen molar-refractivity contribution in [1.29, 1.82) is 0 Å². The summed E-state index contributed by atoms with van der Waals surface area (Å²) in [5, 5.41) is 3.41. The van der Waals surface area contributed by atoms with Crippen LogP contribution in [0, 0.1) is 13.8 Å². The normalized spacial score (nSPS) is 11.9. The van der Waals surface area contributed by atoms with Gasteiger partial charge in [0.05, 0.1) is 10.6 Å². The van der Waals surface area contributed by atoms with E-state index in [2.05, 4.69) is 5.32 Å². The third-order valence-corrected chi connectivity index (χ3v) is 9.52. The monoisotopic (exact) mass is 637 g/mol. The van der Waals surface area contributed by atoms with Crippen molar-refractivity contribution >= 4 is 50.7 Å². The zero-order valence-corrected chi connectivity index (χ0v) is 26.5. The van der Waals surface area contributed by atoms with Gasteiger partial charge in [0.1, 0.15) is 12.6 Å². The van der Waals surface area contributed by atoms with Crippen LogP contribution in [-0.2, 0) is 32.6 Å². The molecule has 4 aromatic rings. The fourth-order valence-corrected chi connectivity index (χ4v) is 6.57. The van der Waals surface area contributed by atoms with Gasteiger partial charge in [-0.05, 0) is 60.9 Å². The summed E-state index contributed by atoms with van der Waals surface area (Å²) in [5.74, 6) is -0.976. The molecule has 0 saturated carbocycles. The summed E-state index contributed by atoms with van der Waals surface area (Å²) in [6.07, 6.45) is 0.206. The fraction of sp³-hybridized carbons (Fsp3) is 0.212. The lowest BCUT2D eigenvalue weighted by Gasteiger charge is -2.34. The van der Waals surface area contributed by atoms with Crippen LogP contribution < -0.4 is 9.62 Å². The molecule has 10 heteroatoms. The summed E-state index contributed by atoms with van der Waals surface area (Å²) >= 11 is 12.8. The predicted molar refractivity (Wildman–Crippen MR) is 172 cm³/mol. The molecular formula is C33H33Cl2N3O4S. The molecule has 1 N–H and O–H groups in total. The molecule has 1 unspecified atom stereocenters. The third-order valence-electron chi connectivity index (χ3n) is 7.14. The molecule has 0 aliphatic rings. The highest BCUT2D eigenvalue weighted by molar-refractivity contribution is 7.92. The summed E-state index contributed by atoms with van der Waals surface area (Å²) in [6, 6.07) is 26.7. The first-order valence-corrected chi connectivity index (χ1v) is 15.8. The Hall–Kier alpha value is -3.85. The predicted octanol–water partition coefficient (Wildman–Crippen LogP) is 6.19. The largest absolute Gasteiger partial charge is 0.357 e. The van der Waals surface area contributed by atoms with E-state index in [-0.39, 0.29) is 23.5 Å². The van der Waals surface area contributed by atoms with E-state index >= 15 is 0 Å². The first-order valence-electron chi connectivity index (χ1n) is 13.6. The maximum Gasteiger partial charge on any atom is 0.264 e. The standard InChI is InChI=1S/C33H33Cl2N3O4S/c1-23-13-17-28(18-14-23)43(41,42)38(30-20-27(34)16-15-24(30)2)22-32(39)37(21-26-11-7-8-12-29(26)35)31(33(40)36-3)19-25-9-5-4-6-10-25/h4-18,20,31H,19,21-22H2,1-3H3,(H,36,40). The van der Waals surface area contributed by atoms with Crippen LogP contribution in [0.15, 0.2) is 102 Å². The summed E-state index contributed by atoms with van der Waals surface area (Å²) in [7, 11) is -2.73. The number of hydrogen-bond donors (Lipinski definition) is 1. The first-order chi connectivity index (χ1) is 20.5. The van der Waals surface area contributed by atoms with Crippen LogP contribution in [0.4, 0.5) is 5.69 Å². The minimum Gasteiger partial charge on any atom is -0.357 e. The van der Waals surface area contributed by atoms with Gasteiger partial charge >= 0.3 is 0 Å². The molecule has 2 amide bonds. The molecule has 4 rings (SSSR count). The number of carbonyl (C=O) groups excluding carboxylic acids is 2. The molecule has 0 heterocycles. The number of nitrogens with zero attached hydrogens (tertiary/aromatic N) is 2. The van der Waals surface area contributed by atoms with Crippen molar-refractivity contribution in [3.05, 3.63) is 129 Å². The van der Waals surface area contributed by atoms with Crippen molar-refractivity contribution < 1.29 is 18.0 Å². The van der Waals surface area contributed by atoms with E-state index in [1.165, 1.54) is 30.1 Å². The Morgan fingerprint density at radius 3 is 2.16 bits per heavy atom. The van der Waals surface area contributed by atoms with Gasteiger partial charge in [0, 0.05) is 30.1 Å². The molecule has 0 spiro atoms. The molecule has 0 aromatic heterocycles. The number of halogens is 2. The molecule has 0 aliphatic carbocycles. The van der Waals surface area contributed by atoms with Gasteiger partial charge in [-0.3, -0.25) is 13.9 Å². The van der Waals surface area contributed by atoms with E-state index < -0.39 is 34.4 Å². The molecule has 0 saturated heterocycles. The average molecular weight is 639 g/mol. The number of nitrogens with one attached hydrogen (secondary N) is 1. The second kappa shape index (κ2) is 14.1. The van der Waals surface area contributed by atoms with Crippen molar-refractivity contribution in [3.8, 4) is 0 Å². The SMILES string of the molecule is CNC(=O)C(Cc1ccccc1)N(Cc1ccccc1Cl)C(=O)CN(c1cc(Cl)ccc1C)S(=O)(=O)c1ccc(C)cc1. The van der Waals surface area contributed by atoms with Crippen LogP contribution in [0.1, 0.15) is 22.3 Å². The number of rotatable bonds is 11. The highest BCUT2D eigenvalue weighted by Crippen LogP contribution is 2.30. The van der Waals surface area contributed by atoms with E-state index in [9.17, 15) is 18.0 Å². The number of benzene rings is 4. The smallest absolute Gasteiger partial charge is 0.264 e. The van der Waals surface area contributed by atoms with Crippen molar-refractivity contribution in [2.45, 2.75) is 37.8 Å². The van der Waals surface area contributed by atoms with Gasteiger partial charge in [-0.15, -0.1) is 0 Å². The second-order valence-electron chi connectivity index (χ2n) is 10.2. The number of carbonyl (C=O) groups is 2. The van der Waals surface area contributed by atoms with E-state index in [0.29, 0.717) is 21.2 Å². The topological polar surface area (TPSA) is 86.8 Å². The molecule has 1 atom stereocenters. The molecule has 0 bridgehead atoms. The third kappa shape index (κ3) is 7.76. The number of sulfonamides is 1. The zero-order chi connectivity index (χ0) is 31.1. The summed E-state index contributed by atoms with van der Waals surface area (Å²) in [5.41, 5.74) is 3.21. The van der Waals surface area contributed by atoms with Gasteiger partial charge in [0.2, 0.25) is 11.8 Å². The van der Waals surface area contributed by atoms with Gasteiger partial charge < -0.3 is 10.2 Å². The second-order valence-corrected chi connectivity index (χ2v) is 12.9. The average Bonchev–Trinajstić information content (AvgIpc) is 3.00. The van der Waals surface area contributed by atoms with E-state index in [4.69, 9.17) is 23.2 Å². The fourth-order valence-electron chi connectivity index (χ4n) is 4.73. The maximum atomic E-state index is 14.4. The van der Waals surface area contributed by atoms with Gasteiger partial charge in [-0.2, -0.15) is 0 Å². The van der Waals surface area contributed by atoms with Crippen molar-refractivity contribution in [3.63, 3.8) is 0 Å². The van der Waals surface area contributed by atoms with Gasteiger partial charge in [0.25, 0.3) is 10.0 Å². The highest BCUT2D eigenvalue weighted by Gasteiger charge is 2.35. The minimum atomic E-state index is -4.23. The van der Waals surface area contributed by atoms with Crippen LogP contribution in [0.3, 0.4) is 0 Å². The lowest BCUT2D eigenvalue weighted by atomic mass is 10.0. The molecule has 43 heavy (non-hydrogen) atoms. The summed E-state index contributed by atoms with van der Waals surface area (Å²) in [6.45, 7) is 3.01. The highest BCUT2D eigenvalue weighted by atomic mass is 35.5. The summed E-state index contributed by atoms with van der Waals surface area (Å²) < 4.78 is 29.3. The number of likely N-dealkylation sites (N-methyl/N-ethyl adjacent to an activating group) is 1. The lowest BCUT2D eigenvalue weighted by Crippen LogP contribution is -2.53. The molecule has 0 fully saturated rings. The Kier molecular flexibility index (Phi) is 10.5. The Bertz CT molecular complexity index is 1700. The Balaban J connectivity index is 1.83. The van der Waals surface area contributed by atoms with Gasteiger partial charge in [-0.25, -0.2) is 8.42 Å². The number of hydrogen-bond acceptors (Lipinski definition) is 4. The van der Waals surface area contributed by atoms with Crippen LogP contribution >= 0.6 is 23.2 Å². The van der Waals surface area contributed by atoms with E-state index in [1.54, 1.807) is 55.5 Å². The molecule has 224 valence electrons. The Morgan fingerprint density at radius 1 is 0.860 bits per heavy atom.